The van der Waals surface area contributed by atoms with Gasteiger partial charge in [0.25, 0.3) is 0 Å². The Kier molecular flexibility index (Phi) is 5.22. The fourth-order valence-electron chi connectivity index (χ4n) is 1.61. The maximum absolute atomic E-state index is 5.19. The van der Waals surface area contributed by atoms with E-state index in [0.29, 0.717) is 5.11 Å². The first-order valence-electron chi connectivity index (χ1n) is 6.35. The molecule has 0 aliphatic rings. The zero-order chi connectivity index (χ0) is 15.1. The standard InChI is InChI=1S/C15H16N4OS/c1-11(12-4-3-9-16-10-12)18-19-15(21)17-13-5-7-14(20-2)8-6-13/h3-10H,1-2H3,(H2,17,19,21)/b18-11+. The summed E-state index contributed by atoms with van der Waals surface area (Å²) in [5.74, 6) is 0.796. The molecule has 0 atom stereocenters. The van der Waals surface area contributed by atoms with Crippen LogP contribution in [0.25, 0.3) is 0 Å². The third-order valence-electron chi connectivity index (χ3n) is 2.75. The smallest absolute Gasteiger partial charge is 0.191 e. The van der Waals surface area contributed by atoms with E-state index in [0.717, 1.165) is 22.7 Å². The summed E-state index contributed by atoms with van der Waals surface area (Å²) in [6, 6.07) is 11.3. The average Bonchev–Trinajstić information content (AvgIpc) is 2.54. The second kappa shape index (κ2) is 7.35. The Hall–Kier alpha value is -2.47. The number of nitrogens with zero attached hydrogens (tertiary/aromatic N) is 2. The van der Waals surface area contributed by atoms with E-state index in [2.05, 4.69) is 20.8 Å². The van der Waals surface area contributed by atoms with Crippen LogP contribution in [0.2, 0.25) is 0 Å². The lowest BCUT2D eigenvalue weighted by atomic mass is 10.2. The molecule has 0 spiro atoms. The molecule has 2 aromatic rings. The second-order valence-corrected chi connectivity index (χ2v) is 4.64. The van der Waals surface area contributed by atoms with Crippen molar-refractivity contribution in [3.8, 4) is 5.75 Å². The topological polar surface area (TPSA) is 58.5 Å². The van der Waals surface area contributed by atoms with Gasteiger partial charge in [0.15, 0.2) is 5.11 Å². The van der Waals surface area contributed by atoms with Crippen LogP contribution < -0.4 is 15.5 Å². The SMILES string of the molecule is COc1ccc(NC(=S)N/N=C(\C)c2cccnc2)cc1. The molecule has 21 heavy (non-hydrogen) atoms. The molecular formula is C15H16N4OS. The van der Waals surface area contributed by atoms with Gasteiger partial charge in [-0.15, -0.1) is 0 Å². The van der Waals surface area contributed by atoms with Gasteiger partial charge in [-0.25, -0.2) is 0 Å². The number of thiocarbonyl (C=S) groups is 1. The molecule has 0 saturated carbocycles. The highest BCUT2D eigenvalue weighted by molar-refractivity contribution is 7.80. The van der Waals surface area contributed by atoms with Crippen LogP contribution >= 0.6 is 12.2 Å². The van der Waals surface area contributed by atoms with Gasteiger partial charge in [-0.3, -0.25) is 10.4 Å². The fraction of sp³-hybridized carbons (Fsp3) is 0.133. The number of pyridine rings is 1. The molecule has 1 aromatic heterocycles. The van der Waals surface area contributed by atoms with Crippen molar-refractivity contribution in [1.29, 1.82) is 0 Å². The number of rotatable bonds is 4. The van der Waals surface area contributed by atoms with E-state index in [1.165, 1.54) is 0 Å². The third kappa shape index (κ3) is 4.54. The molecule has 1 heterocycles. The first-order chi connectivity index (χ1) is 10.2. The summed E-state index contributed by atoms with van der Waals surface area (Å²) in [7, 11) is 1.63. The molecule has 0 unspecified atom stereocenters. The molecule has 2 N–H and O–H groups in total. The Morgan fingerprint density at radius 3 is 2.62 bits per heavy atom. The number of methoxy groups -OCH3 is 1. The fourth-order valence-corrected chi connectivity index (χ4v) is 1.77. The average molecular weight is 300 g/mol. The Bertz CT molecular complexity index is 626. The van der Waals surface area contributed by atoms with Crippen molar-refractivity contribution >= 4 is 28.7 Å². The third-order valence-corrected chi connectivity index (χ3v) is 2.95. The summed E-state index contributed by atoms with van der Waals surface area (Å²) in [6.45, 7) is 1.89. The maximum Gasteiger partial charge on any atom is 0.191 e. The molecule has 0 aliphatic carbocycles. The van der Waals surface area contributed by atoms with E-state index in [9.17, 15) is 0 Å². The number of hydrazone groups is 1. The molecule has 0 radical (unpaired) electrons. The van der Waals surface area contributed by atoms with Crippen LogP contribution in [-0.4, -0.2) is 22.9 Å². The molecule has 6 heteroatoms. The van der Waals surface area contributed by atoms with Gasteiger partial charge in [0.2, 0.25) is 0 Å². The van der Waals surface area contributed by atoms with Gasteiger partial charge in [-0.05, 0) is 49.5 Å². The number of aromatic nitrogens is 1. The highest BCUT2D eigenvalue weighted by Crippen LogP contribution is 2.14. The predicted molar refractivity (Wildman–Crippen MR) is 88.8 cm³/mol. The molecule has 2 rings (SSSR count). The van der Waals surface area contributed by atoms with E-state index in [-0.39, 0.29) is 0 Å². The van der Waals surface area contributed by atoms with Crippen LogP contribution in [0, 0.1) is 0 Å². The monoisotopic (exact) mass is 300 g/mol. The lowest BCUT2D eigenvalue weighted by molar-refractivity contribution is 0.415. The quantitative estimate of drug-likeness (QED) is 0.516. The maximum atomic E-state index is 5.19. The number of hydrogen-bond acceptors (Lipinski definition) is 4. The summed E-state index contributed by atoms with van der Waals surface area (Å²) < 4.78 is 5.10. The highest BCUT2D eigenvalue weighted by atomic mass is 32.1. The molecular weight excluding hydrogens is 284 g/mol. The van der Waals surface area contributed by atoms with Crippen molar-refractivity contribution in [2.45, 2.75) is 6.92 Å². The van der Waals surface area contributed by atoms with Crippen molar-refractivity contribution in [3.05, 3.63) is 54.4 Å². The molecule has 5 nitrogen and oxygen atoms in total. The zero-order valence-corrected chi connectivity index (χ0v) is 12.6. The minimum atomic E-state index is 0.420. The van der Waals surface area contributed by atoms with E-state index in [1.807, 2.05) is 43.3 Å². The number of hydrogen-bond donors (Lipinski definition) is 2. The van der Waals surface area contributed by atoms with Gasteiger partial charge in [-0.2, -0.15) is 5.10 Å². The molecule has 0 amide bonds. The Morgan fingerprint density at radius 2 is 2.00 bits per heavy atom. The number of nitrogens with one attached hydrogen (secondary N) is 2. The molecule has 1 aromatic carbocycles. The largest absolute Gasteiger partial charge is 0.497 e. The van der Waals surface area contributed by atoms with E-state index < -0.39 is 0 Å². The summed E-state index contributed by atoms with van der Waals surface area (Å²) in [4.78, 5) is 4.05. The van der Waals surface area contributed by atoms with E-state index in [1.54, 1.807) is 19.5 Å². The van der Waals surface area contributed by atoms with Crippen LogP contribution in [0.1, 0.15) is 12.5 Å². The minimum Gasteiger partial charge on any atom is -0.497 e. The normalized spacial score (nSPS) is 10.9. The van der Waals surface area contributed by atoms with Crippen molar-refractivity contribution in [3.63, 3.8) is 0 Å². The van der Waals surface area contributed by atoms with Crippen molar-refractivity contribution < 1.29 is 4.74 Å². The molecule has 108 valence electrons. The summed E-state index contributed by atoms with van der Waals surface area (Å²) in [5.41, 5.74) is 5.42. The number of ether oxygens (including phenoxy) is 1. The summed E-state index contributed by atoms with van der Waals surface area (Å²) in [6.07, 6.45) is 3.47. The predicted octanol–water partition coefficient (Wildman–Crippen LogP) is 2.80. The Morgan fingerprint density at radius 1 is 1.24 bits per heavy atom. The van der Waals surface area contributed by atoms with Gasteiger partial charge in [-0.1, -0.05) is 6.07 Å². The van der Waals surface area contributed by atoms with Crippen molar-refractivity contribution in [2.75, 3.05) is 12.4 Å². The van der Waals surface area contributed by atoms with Crippen LogP contribution in [-0.2, 0) is 0 Å². The number of anilines is 1. The molecule has 0 aliphatic heterocycles. The van der Waals surface area contributed by atoms with E-state index >= 15 is 0 Å². The molecule has 0 fully saturated rings. The van der Waals surface area contributed by atoms with Crippen LogP contribution in [0.3, 0.4) is 0 Å². The van der Waals surface area contributed by atoms with E-state index in [4.69, 9.17) is 17.0 Å². The number of benzene rings is 1. The van der Waals surface area contributed by atoms with Gasteiger partial charge < -0.3 is 10.1 Å². The molecule has 0 saturated heterocycles. The minimum absolute atomic E-state index is 0.420. The lowest BCUT2D eigenvalue weighted by Crippen LogP contribution is -2.24. The van der Waals surface area contributed by atoms with Gasteiger partial charge in [0.1, 0.15) is 5.75 Å². The lowest BCUT2D eigenvalue weighted by Gasteiger charge is -2.08. The van der Waals surface area contributed by atoms with Crippen LogP contribution in [0.5, 0.6) is 5.75 Å². The summed E-state index contributed by atoms with van der Waals surface area (Å²) in [5, 5.41) is 7.68. The highest BCUT2D eigenvalue weighted by Gasteiger charge is 1.99. The van der Waals surface area contributed by atoms with Crippen molar-refractivity contribution in [2.24, 2.45) is 5.10 Å². The van der Waals surface area contributed by atoms with Crippen LogP contribution in [0.4, 0.5) is 5.69 Å². The summed E-state index contributed by atoms with van der Waals surface area (Å²) >= 11 is 5.19. The Labute approximate surface area is 129 Å². The first kappa shape index (κ1) is 14.9. The van der Waals surface area contributed by atoms with Gasteiger partial charge >= 0.3 is 0 Å². The van der Waals surface area contributed by atoms with Crippen LogP contribution in [0.15, 0.2) is 53.9 Å². The first-order valence-corrected chi connectivity index (χ1v) is 6.75. The van der Waals surface area contributed by atoms with Crippen molar-refractivity contribution in [1.82, 2.24) is 10.4 Å². The zero-order valence-electron chi connectivity index (χ0n) is 11.8. The van der Waals surface area contributed by atoms with Gasteiger partial charge in [0, 0.05) is 23.6 Å². The van der Waals surface area contributed by atoms with Gasteiger partial charge in [0.05, 0.1) is 12.8 Å². The molecule has 0 bridgehead atoms. The Balaban J connectivity index is 1.92. The second-order valence-electron chi connectivity index (χ2n) is 4.23.